The van der Waals surface area contributed by atoms with E-state index in [-0.39, 0.29) is 18.4 Å². The monoisotopic (exact) mass is 332 g/mol. The SMILES string of the molecule is COC(=O)c1ccc(Cl)c(CN2CCCC(CN)C2)c1.Cl. The zero-order valence-electron chi connectivity index (χ0n) is 12.2. The second kappa shape index (κ2) is 8.59. The van der Waals surface area contributed by atoms with Gasteiger partial charge < -0.3 is 10.5 Å². The molecular weight excluding hydrogens is 311 g/mol. The third kappa shape index (κ3) is 4.85. The van der Waals surface area contributed by atoms with Crippen LogP contribution in [0.25, 0.3) is 0 Å². The first-order chi connectivity index (χ1) is 9.63. The minimum Gasteiger partial charge on any atom is -0.465 e. The number of likely N-dealkylation sites (tertiary alicyclic amines) is 1. The highest BCUT2D eigenvalue weighted by Crippen LogP contribution is 2.23. The number of rotatable bonds is 4. The van der Waals surface area contributed by atoms with Gasteiger partial charge in [-0.25, -0.2) is 4.79 Å². The number of nitrogens with zero attached hydrogens (tertiary/aromatic N) is 1. The second-order valence-corrected chi connectivity index (χ2v) is 5.68. The van der Waals surface area contributed by atoms with Gasteiger partial charge in [-0.1, -0.05) is 11.6 Å². The maximum absolute atomic E-state index is 11.6. The van der Waals surface area contributed by atoms with E-state index in [2.05, 4.69) is 4.90 Å². The van der Waals surface area contributed by atoms with Gasteiger partial charge in [-0.15, -0.1) is 12.4 Å². The standard InChI is InChI=1S/C15H21ClN2O2.ClH/c1-20-15(19)12-4-5-14(16)13(7-12)10-18-6-2-3-11(8-17)9-18;/h4-5,7,11H,2-3,6,8-10,17H2,1H3;1H. The van der Waals surface area contributed by atoms with E-state index in [1.54, 1.807) is 12.1 Å². The number of benzene rings is 1. The number of hydrogen-bond donors (Lipinski definition) is 1. The van der Waals surface area contributed by atoms with Crippen molar-refractivity contribution in [1.29, 1.82) is 0 Å². The topological polar surface area (TPSA) is 55.6 Å². The number of piperidine rings is 1. The molecule has 0 spiro atoms. The smallest absolute Gasteiger partial charge is 0.337 e. The molecule has 1 aromatic rings. The molecule has 1 aliphatic heterocycles. The lowest BCUT2D eigenvalue weighted by Gasteiger charge is -2.32. The fourth-order valence-electron chi connectivity index (χ4n) is 2.67. The average molecular weight is 333 g/mol. The van der Waals surface area contributed by atoms with E-state index in [1.807, 2.05) is 6.07 Å². The molecule has 0 aromatic heterocycles. The normalized spacial score (nSPS) is 18.9. The zero-order chi connectivity index (χ0) is 14.5. The highest BCUT2D eigenvalue weighted by Gasteiger charge is 2.20. The van der Waals surface area contributed by atoms with Crippen LogP contribution in [0.4, 0.5) is 0 Å². The summed E-state index contributed by atoms with van der Waals surface area (Å²) in [4.78, 5) is 13.9. The van der Waals surface area contributed by atoms with Gasteiger partial charge >= 0.3 is 5.97 Å². The molecule has 0 radical (unpaired) electrons. The summed E-state index contributed by atoms with van der Waals surface area (Å²) < 4.78 is 4.74. The lowest BCUT2D eigenvalue weighted by atomic mass is 9.97. The van der Waals surface area contributed by atoms with Crippen molar-refractivity contribution >= 4 is 30.0 Å². The number of esters is 1. The number of methoxy groups -OCH3 is 1. The zero-order valence-corrected chi connectivity index (χ0v) is 13.8. The molecule has 0 bridgehead atoms. The van der Waals surface area contributed by atoms with E-state index in [0.717, 1.165) is 38.2 Å². The van der Waals surface area contributed by atoms with Gasteiger partial charge in [-0.2, -0.15) is 0 Å². The molecule has 6 heteroatoms. The van der Waals surface area contributed by atoms with E-state index in [0.29, 0.717) is 16.5 Å². The number of nitrogens with two attached hydrogens (primary N) is 1. The van der Waals surface area contributed by atoms with E-state index >= 15 is 0 Å². The first-order valence-corrected chi connectivity index (χ1v) is 7.31. The maximum Gasteiger partial charge on any atom is 0.337 e. The number of carbonyl (C=O) groups is 1. The van der Waals surface area contributed by atoms with Crippen molar-refractivity contribution in [2.75, 3.05) is 26.7 Å². The Morgan fingerprint density at radius 2 is 2.29 bits per heavy atom. The Bertz CT molecular complexity index is 483. The molecule has 2 N–H and O–H groups in total. The number of carbonyl (C=O) groups excluding carboxylic acids is 1. The predicted octanol–water partition coefficient (Wildman–Crippen LogP) is 2.72. The molecule has 1 aromatic carbocycles. The molecule has 0 saturated carbocycles. The van der Waals surface area contributed by atoms with Gasteiger partial charge in [0.1, 0.15) is 0 Å². The lowest BCUT2D eigenvalue weighted by molar-refractivity contribution is 0.0600. The van der Waals surface area contributed by atoms with Crippen LogP contribution < -0.4 is 5.73 Å². The molecule has 1 aliphatic rings. The first kappa shape index (κ1) is 18.2. The fourth-order valence-corrected chi connectivity index (χ4v) is 2.85. The van der Waals surface area contributed by atoms with Gasteiger partial charge in [0, 0.05) is 18.1 Å². The third-order valence-electron chi connectivity index (χ3n) is 3.80. The number of ether oxygens (including phenoxy) is 1. The van der Waals surface area contributed by atoms with Crippen molar-refractivity contribution in [2.24, 2.45) is 11.7 Å². The lowest BCUT2D eigenvalue weighted by Crippen LogP contribution is -2.37. The van der Waals surface area contributed by atoms with Crippen molar-refractivity contribution < 1.29 is 9.53 Å². The van der Waals surface area contributed by atoms with Gasteiger partial charge in [-0.05, 0) is 55.6 Å². The Labute approximate surface area is 137 Å². The average Bonchev–Trinajstić information content (AvgIpc) is 2.49. The molecule has 1 saturated heterocycles. The van der Waals surface area contributed by atoms with Crippen molar-refractivity contribution in [3.05, 3.63) is 34.3 Å². The molecule has 21 heavy (non-hydrogen) atoms. The van der Waals surface area contributed by atoms with E-state index in [9.17, 15) is 4.79 Å². The summed E-state index contributed by atoms with van der Waals surface area (Å²) in [5.74, 6) is 0.229. The largest absolute Gasteiger partial charge is 0.465 e. The highest BCUT2D eigenvalue weighted by molar-refractivity contribution is 6.31. The molecule has 2 rings (SSSR count). The Hall–Kier alpha value is -0.810. The van der Waals surface area contributed by atoms with Crippen LogP contribution in [0.15, 0.2) is 18.2 Å². The Morgan fingerprint density at radius 3 is 2.95 bits per heavy atom. The quantitative estimate of drug-likeness (QED) is 0.861. The highest BCUT2D eigenvalue weighted by atomic mass is 35.5. The number of hydrogen-bond acceptors (Lipinski definition) is 4. The van der Waals surface area contributed by atoms with E-state index in [4.69, 9.17) is 22.1 Å². The molecule has 1 heterocycles. The summed E-state index contributed by atoms with van der Waals surface area (Å²) >= 11 is 6.23. The summed E-state index contributed by atoms with van der Waals surface area (Å²) in [5, 5.41) is 0.688. The maximum atomic E-state index is 11.6. The van der Waals surface area contributed by atoms with Gasteiger partial charge in [-0.3, -0.25) is 4.90 Å². The summed E-state index contributed by atoms with van der Waals surface area (Å²) in [7, 11) is 1.38. The summed E-state index contributed by atoms with van der Waals surface area (Å²) in [6.45, 7) is 3.52. The molecule has 1 atom stereocenters. The van der Waals surface area contributed by atoms with Crippen LogP contribution in [-0.4, -0.2) is 37.6 Å². The molecule has 118 valence electrons. The summed E-state index contributed by atoms with van der Waals surface area (Å²) in [6, 6.07) is 5.27. The Kier molecular flexibility index (Phi) is 7.46. The molecule has 0 amide bonds. The minimum absolute atomic E-state index is 0. The second-order valence-electron chi connectivity index (χ2n) is 5.28. The van der Waals surface area contributed by atoms with Crippen molar-refractivity contribution in [3.63, 3.8) is 0 Å². The van der Waals surface area contributed by atoms with Crippen LogP contribution >= 0.6 is 24.0 Å². The van der Waals surface area contributed by atoms with Crippen LogP contribution in [0.5, 0.6) is 0 Å². The molecule has 1 fully saturated rings. The minimum atomic E-state index is -0.332. The fraction of sp³-hybridized carbons (Fsp3) is 0.533. The molecule has 0 aliphatic carbocycles. The van der Waals surface area contributed by atoms with Crippen LogP contribution in [0.3, 0.4) is 0 Å². The van der Waals surface area contributed by atoms with Crippen LogP contribution in [-0.2, 0) is 11.3 Å². The Balaban J connectivity index is 0.00000220. The van der Waals surface area contributed by atoms with Crippen molar-refractivity contribution in [3.8, 4) is 0 Å². The molecular formula is C15H22Cl2N2O2. The van der Waals surface area contributed by atoms with Crippen LogP contribution in [0, 0.1) is 5.92 Å². The third-order valence-corrected chi connectivity index (χ3v) is 4.17. The van der Waals surface area contributed by atoms with E-state index < -0.39 is 0 Å². The first-order valence-electron chi connectivity index (χ1n) is 6.93. The predicted molar refractivity (Wildman–Crippen MR) is 87.1 cm³/mol. The van der Waals surface area contributed by atoms with Gasteiger partial charge in [0.25, 0.3) is 0 Å². The molecule has 4 nitrogen and oxygen atoms in total. The van der Waals surface area contributed by atoms with E-state index in [1.165, 1.54) is 13.5 Å². The summed E-state index contributed by atoms with van der Waals surface area (Å²) in [6.07, 6.45) is 2.36. The van der Waals surface area contributed by atoms with Crippen molar-refractivity contribution in [1.82, 2.24) is 4.90 Å². The van der Waals surface area contributed by atoms with Crippen LogP contribution in [0.1, 0.15) is 28.8 Å². The Morgan fingerprint density at radius 1 is 1.52 bits per heavy atom. The van der Waals surface area contributed by atoms with Gasteiger partial charge in [0.05, 0.1) is 12.7 Å². The van der Waals surface area contributed by atoms with Crippen LogP contribution in [0.2, 0.25) is 5.02 Å². The number of halogens is 2. The molecule has 1 unspecified atom stereocenters. The van der Waals surface area contributed by atoms with Gasteiger partial charge in [0.2, 0.25) is 0 Å². The summed E-state index contributed by atoms with van der Waals surface area (Å²) in [5.41, 5.74) is 7.26. The van der Waals surface area contributed by atoms with Gasteiger partial charge in [0.15, 0.2) is 0 Å². The van der Waals surface area contributed by atoms with Crippen molar-refractivity contribution in [2.45, 2.75) is 19.4 Å².